The maximum atomic E-state index is 9.62. The van der Waals surface area contributed by atoms with Gasteiger partial charge in [0.05, 0.1) is 0 Å². The Morgan fingerprint density at radius 1 is 1.36 bits per heavy atom. The van der Waals surface area contributed by atoms with Gasteiger partial charge in [-0.15, -0.1) is 0 Å². The van der Waals surface area contributed by atoms with Gasteiger partial charge in [-0.25, -0.2) is 11.3 Å². The third-order valence-corrected chi connectivity index (χ3v) is 4.22. The highest BCUT2D eigenvalue weighted by atomic mass is 15.3. The summed E-state index contributed by atoms with van der Waals surface area (Å²) in [7, 11) is 0. The molecule has 112 valence electrons. The van der Waals surface area contributed by atoms with Crippen molar-refractivity contribution in [2.45, 2.75) is 33.1 Å². The standard InChI is InChI=1S/C17H19N5/c1-3-4-7-12-11(2)13(10-18)16-20-14-8-5-6-9-15(14)22(16)17(12)21-19/h5-6,8-9H,3-4,7,19H2,1-2H3,(H,20,21)/p+1. The van der Waals surface area contributed by atoms with Crippen molar-refractivity contribution in [3.8, 4) is 6.07 Å². The van der Waals surface area contributed by atoms with Crippen molar-refractivity contribution in [1.29, 1.82) is 5.26 Å². The van der Waals surface area contributed by atoms with E-state index in [-0.39, 0.29) is 0 Å². The molecule has 3 rings (SSSR count). The van der Waals surface area contributed by atoms with Gasteiger partial charge in [-0.05, 0) is 37.5 Å². The van der Waals surface area contributed by atoms with Crippen LogP contribution in [-0.4, -0.2) is 4.98 Å². The first kappa shape index (κ1) is 14.4. The normalized spacial score (nSPS) is 11.0. The Hall–Kier alpha value is -2.58. The van der Waals surface area contributed by atoms with Crippen molar-refractivity contribution in [3.63, 3.8) is 0 Å². The van der Waals surface area contributed by atoms with Crippen LogP contribution < -0.4 is 15.7 Å². The number of imidazole rings is 1. The molecule has 0 bridgehead atoms. The molecule has 0 radical (unpaired) electrons. The van der Waals surface area contributed by atoms with Gasteiger partial charge in [0.2, 0.25) is 11.5 Å². The summed E-state index contributed by atoms with van der Waals surface area (Å²) >= 11 is 0. The zero-order chi connectivity index (χ0) is 15.7. The van der Waals surface area contributed by atoms with Crippen LogP contribution in [0.25, 0.3) is 16.7 Å². The smallest absolute Gasteiger partial charge is 0.250 e. The lowest BCUT2D eigenvalue weighted by Crippen LogP contribution is -2.32. The number of fused-ring (bicyclic) bond motifs is 3. The van der Waals surface area contributed by atoms with E-state index in [0.717, 1.165) is 52.9 Å². The lowest BCUT2D eigenvalue weighted by molar-refractivity contribution is -0.465. The number of pyridine rings is 1. The maximum Gasteiger partial charge on any atom is 0.250 e. The molecule has 0 atom stereocenters. The quantitative estimate of drug-likeness (QED) is 0.393. The van der Waals surface area contributed by atoms with E-state index in [1.165, 1.54) is 0 Å². The Bertz CT molecular complexity index is 886. The topological polar surface area (TPSA) is 81.7 Å². The number of aromatic amines is 1. The maximum absolute atomic E-state index is 9.62. The van der Waals surface area contributed by atoms with Crippen LogP contribution in [0.3, 0.4) is 0 Å². The molecule has 4 N–H and O–H groups in total. The minimum absolute atomic E-state index is 0.682. The number of aromatic nitrogens is 2. The van der Waals surface area contributed by atoms with Crippen LogP contribution in [0.2, 0.25) is 0 Å². The number of anilines is 1. The van der Waals surface area contributed by atoms with Crippen LogP contribution in [0.5, 0.6) is 0 Å². The number of nitrogens with two attached hydrogens (primary N) is 1. The Kier molecular flexibility index (Phi) is 3.70. The minimum atomic E-state index is 0.682. The van der Waals surface area contributed by atoms with Crippen LogP contribution >= 0.6 is 0 Å². The van der Waals surface area contributed by atoms with Crippen LogP contribution in [0.15, 0.2) is 24.3 Å². The third kappa shape index (κ3) is 2.00. The Morgan fingerprint density at radius 3 is 2.82 bits per heavy atom. The monoisotopic (exact) mass is 294 g/mol. The lowest BCUT2D eigenvalue weighted by atomic mass is 10.00. The third-order valence-electron chi connectivity index (χ3n) is 4.22. The SMILES string of the molecule is CCCCc1c(C)c(C#N)c2[nH]c3ccccc3[n+]2c1NN. The Labute approximate surface area is 129 Å². The largest absolute Gasteiger partial charge is 0.269 e. The van der Waals surface area contributed by atoms with Gasteiger partial charge in [-0.1, -0.05) is 25.5 Å². The highest BCUT2D eigenvalue weighted by molar-refractivity contribution is 5.77. The highest BCUT2D eigenvalue weighted by Gasteiger charge is 2.24. The number of hydrazine groups is 1. The molecule has 5 heteroatoms. The molecule has 0 aliphatic heterocycles. The molecule has 2 heterocycles. The van der Waals surface area contributed by atoms with Gasteiger partial charge >= 0.3 is 0 Å². The molecule has 0 spiro atoms. The molecule has 0 unspecified atom stereocenters. The van der Waals surface area contributed by atoms with Gasteiger partial charge in [0.15, 0.2) is 0 Å². The first-order valence-corrected chi connectivity index (χ1v) is 7.57. The number of nitrogens with zero attached hydrogens (tertiary/aromatic N) is 2. The lowest BCUT2D eigenvalue weighted by Gasteiger charge is -2.11. The average molecular weight is 294 g/mol. The highest BCUT2D eigenvalue weighted by Crippen LogP contribution is 2.26. The van der Waals surface area contributed by atoms with Crippen LogP contribution in [0, 0.1) is 18.3 Å². The molecule has 22 heavy (non-hydrogen) atoms. The number of hydrogen-bond acceptors (Lipinski definition) is 3. The zero-order valence-electron chi connectivity index (χ0n) is 12.9. The minimum Gasteiger partial charge on any atom is -0.269 e. The molecule has 0 amide bonds. The number of benzene rings is 1. The second-order valence-electron chi connectivity index (χ2n) is 5.51. The van der Waals surface area contributed by atoms with E-state index in [0.29, 0.717) is 5.56 Å². The fraction of sp³-hybridized carbons (Fsp3) is 0.294. The average Bonchev–Trinajstić information content (AvgIpc) is 2.91. The van der Waals surface area contributed by atoms with E-state index in [1.54, 1.807) is 0 Å². The van der Waals surface area contributed by atoms with Gasteiger partial charge in [-0.3, -0.25) is 4.98 Å². The van der Waals surface area contributed by atoms with Gasteiger partial charge in [0, 0.05) is 5.56 Å². The van der Waals surface area contributed by atoms with E-state index >= 15 is 0 Å². The number of hydrogen-bond donors (Lipinski definition) is 3. The van der Waals surface area contributed by atoms with Crippen molar-refractivity contribution in [2.75, 3.05) is 5.43 Å². The first-order valence-electron chi connectivity index (χ1n) is 7.57. The van der Waals surface area contributed by atoms with Crippen molar-refractivity contribution in [1.82, 2.24) is 4.98 Å². The molecule has 0 fully saturated rings. The molecule has 0 saturated carbocycles. The van der Waals surface area contributed by atoms with E-state index in [9.17, 15) is 5.26 Å². The van der Waals surface area contributed by atoms with Gasteiger partial charge in [0.25, 0.3) is 0 Å². The first-order chi connectivity index (χ1) is 10.7. The van der Waals surface area contributed by atoms with Crippen molar-refractivity contribution < 1.29 is 4.40 Å². The predicted octanol–water partition coefficient (Wildman–Crippen LogP) is 2.71. The van der Waals surface area contributed by atoms with Gasteiger partial charge in [-0.2, -0.15) is 9.66 Å². The summed E-state index contributed by atoms with van der Waals surface area (Å²) in [5, 5.41) is 9.62. The second-order valence-corrected chi connectivity index (χ2v) is 5.51. The van der Waals surface area contributed by atoms with Crippen molar-refractivity contribution in [3.05, 3.63) is 41.0 Å². The van der Waals surface area contributed by atoms with Gasteiger partial charge < -0.3 is 0 Å². The Balaban J connectivity index is 2.47. The number of rotatable bonds is 4. The molecule has 3 aromatic rings. The number of nitrogen functional groups attached to an aromatic ring is 1. The fourth-order valence-electron chi connectivity index (χ4n) is 3.07. The van der Waals surface area contributed by atoms with Crippen LogP contribution in [-0.2, 0) is 6.42 Å². The number of H-pyrrole nitrogens is 1. The van der Waals surface area contributed by atoms with Gasteiger partial charge in [0.1, 0.15) is 22.7 Å². The molecular formula is C17H20N5+. The summed E-state index contributed by atoms with van der Waals surface area (Å²) in [4.78, 5) is 3.34. The molecule has 0 saturated heterocycles. The number of nitriles is 1. The molecule has 0 aliphatic carbocycles. The molecule has 0 aliphatic rings. The summed E-state index contributed by atoms with van der Waals surface area (Å²) in [5.74, 6) is 6.69. The summed E-state index contributed by atoms with van der Waals surface area (Å²) in [6.07, 6.45) is 3.07. The van der Waals surface area contributed by atoms with E-state index in [2.05, 4.69) is 23.4 Å². The zero-order valence-corrected chi connectivity index (χ0v) is 12.9. The predicted molar refractivity (Wildman–Crippen MR) is 87.3 cm³/mol. The molecule has 5 nitrogen and oxygen atoms in total. The van der Waals surface area contributed by atoms with Crippen LogP contribution in [0.4, 0.5) is 5.82 Å². The molecular weight excluding hydrogens is 274 g/mol. The number of para-hydroxylation sites is 2. The summed E-state index contributed by atoms with van der Waals surface area (Å²) < 4.78 is 2.02. The van der Waals surface area contributed by atoms with Crippen molar-refractivity contribution in [2.24, 2.45) is 5.84 Å². The number of nitrogens with one attached hydrogen (secondary N) is 2. The Morgan fingerprint density at radius 2 is 2.14 bits per heavy atom. The fourth-order valence-corrected chi connectivity index (χ4v) is 3.07. The van der Waals surface area contributed by atoms with E-state index in [4.69, 9.17) is 5.84 Å². The van der Waals surface area contributed by atoms with Crippen LogP contribution in [0.1, 0.15) is 36.5 Å². The van der Waals surface area contributed by atoms with Crippen molar-refractivity contribution >= 4 is 22.5 Å². The van der Waals surface area contributed by atoms with E-state index in [1.807, 2.05) is 35.6 Å². The summed E-state index contributed by atoms with van der Waals surface area (Å²) in [6, 6.07) is 10.3. The number of unbranched alkanes of at least 4 members (excludes halogenated alkanes) is 1. The van der Waals surface area contributed by atoms with E-state index < -0.39 is 0 Å². The second kappa shape index (κ2) is 5.66. The molecule has 1 aromatic carbocycles. The summed E-state index contributed by atoms with van der Waals surface area (Å²) in [5.41, 5.74) is 8.43. The summed E-state index contributed by atoms with van der Waals surface area (Å²) in [6.45, 7) is 4.16. The molecule has 2 aromatic heterocycles.